The molecule has 0 amide bonds. The van der Waals surface area contributed by atoms with Crippen molar-refractivity contribution in [2.24, 2.45) is 5.73 Å². The molecule has 0 spiro atoms. The van der Waals surface area contributed by atoms with Crippen LogP contribution < -0.4 is 5.73 Å². The van der Waals surface area contributed by atoms with Crippen molar-refractivity contribution in [3.8, 4) is 11.8 Å². The molecule has 0 bridgehead atoms. The average molecular weight is 275 g/mol. The van der Waals surface area contributed by atoms with E-state index in [2.05, 4.69) is 11.8 Å². The Morgan fingerprint density at radius 3 is 2.89 bits per heavy atom. The summed E-state index contributed by atoms with van der Waals surface area (Å²) in [5.41, 5.74) is 6.70. The van der Waals surface area contributed by atoms with E-state index in [-0.39, 0.29) is 12.4 Å². The zero-order valence-electron chi connectivity index (χ0n) is 10.4. The van der Waals surface area contributed by atoms with E-state index in [0.717, 1.165) is 10.4 Å². The topological polar surface area (TPSA) is 35.2 Å². The van der Waals surface area contributed by atoms with Gasteiger partial charge < -0.3 is 10.5 Å². The summed E-state index contributed by atoms with van der Waals surface area (Å²) in [5.74, 6) is 5.22. The number of thiophene rings is 1. The molecule has 2 rings (SSSR count). The highest BCUT2D eigenvalue weighted by molar-refractivity contribution is 7.09. The van der Waals surface area contributed by atoms with E-state index in [1.165, 1.54) is 12.1 Å². The number of rotatable bonds is 4. The molecule has 0 aliphatic rings. The molecule has 98 valence electrons. The SMILES string of the molecule is NCC#Cc1cc(F)cc(COCc2cccs2)c1. The maximum absolute atomic E-state index is 13.4. The Morgan fingerprint density at radius 1 is 1.26 bits per heavy atom. The second-order valence-corrected chi connectivity index (χ2v) is 4.96. The largest absolute Gasteiger partial charge is 0.371 e. The third-order valence-electron chi connectivity index (χ3n) is 2.39. The summed E-state index contributed by atoms with van der Waals surface area (Å²) in [5, 5.41) is 2.00. The van der Waals surface area contributed by atoms with Gasteiger partial charge in [0.1, 0.15) is 5.82 Å². The lowest BCUT2D eigenvalue weighted by molar-refractivity contribution is 0.109. The van der Waals surface area contributed by atoms with Crippen LogP contribution in [0.2, 0.25) is 0 Å². The minimum atomic E-state index is -0.307. The molecule has 0 aliphatic carbocycles. The van der Waals surface area contributed by atoms with Crippen molar-refractivity contribution >= 4 is 11.3 Å². The van der Waals surface area contributed by atoms with Crippen molar-refractivity contribution < 1.29 is 9.13 Å². The number of ether oxygens (including phenoxy) is 1. The third kappa shape index (κ3) is 4.49. The average Bonchev–Trinajstić information content (AvgIpc) is 2.89. The molecular formula is C15H14FNOS. The summed E-state index contributed by atoms with van der Waals surface area (Å²) in [6, 6.07) is 8.66. The molecule has 0 radical (unpaired) electrons. The van der Waals surface area contributed by atoms with Crippen molar-refractivity contribution in [3.05, 3.63) is 57.5 Å². The lowest BCUT2D eigenvalue weighted by Crippen LogP contribution is -1.95. The fourth-order valence-electron chi connectivity index (χ4n) is 1.62. The van der Waals surface area contributed by atoms with E-state index in [4.69, 9.17) is 10.5 Å². The second-order valence-electron chi connectivity index (χ2n) is 3.93. The molecule has 0 saturated carbocycles. The molecule has 0 saturated heterocycles. The molecule has 0 aliphatic heterocycles. The van der Waals surface area contributed by atoms with Crippen LogP contribution in [-0.4, -0.2) is 6.54 Å². The number of hydrogen-bond donors (Lipinski definition) is 1. The Hall–Kier alpha value is -1.67. The van der Waals surface area contributed by atoms with E-state index >= 15 is 0 Å². The minimum Gasteiger partial charge on any atom is -0.371 e. The minimum absolute atomic E-state index is 0.265. The standard InChI is InChI=1S/C15H14FNOS/c16-14-8-12(3-1-5-17)7-13(9-14)10-18-11-15-4-2-6-19-15/h2,4,6-9H,5,10-11,17H2. The van der Waals surface area contributed by atoms with Gasteiger partial charge in [0.2, 0.25) is 0 Å². The maximum Gasteiger partial charge on any atom is 0.124 e. The molecule has 2 nitrogen and oxygen atoms in total. The summed E-state index contributed by atoms with van der Waals surface area (Å²) < 4.78 is 19.0. The Morgan fingerprint density at radius 2 is 2.16 bits per heavy atom. The van der Waals surface area contributed by atoms with Crippen molar-refractivity contribution in [1.29, 1.82) is 0 Å². The summed E-state index contributed by atoms with van der Waals surface area (Å²) in [6.07, 6.45) is 0. The molecule has 4 heteroatoms. The quantitative estimate of drug-likeness (QED) is 0.871. The van der Waals surface area contributed by atoms with Crippen LogP contribution in [0.4, 0.5) is 4.39 Å². The van der Waals surface area contributed by atoms with Crippen molar-refractivity contribution in [1.82, 2.24) is 0 Å². The molecule has 1 aromatic heterocycles. The fourth-order valence-corrected chi connectivity index (χ4v) is 2.26. The lowest BCUT2D eigenvalue weighted by atomic mass is 10.1. The van der Waals surface area contributed by atoms with Gasteiger partial charge in [-0.05, 0) is 35.2 Å². The van der Waals surface area contributed by atoms with Crippen molar-refractivity contribution in [3.63, 3.8) is 0 Å². The Balaban J connectivity index is 1.97. The van der Waals surface area contributed by atoms with E-state index in [1.54, 1.807) is 11.3 Å². The number of halogens is 1. The molecule has 0 atom stereocenters. The Bertz CT molecular complexity index is 584. The molecule has 0 unspecified atom stereocenters. The first kappa shape index (κ1) is 13.8. The monoisotopic (exact) mass is 275 g/mol. The van der Waals surface area contributed by atoms with Gasteiger partial charge in [-0.3, -0.25) is 0 Å². The summed E-state index contributed by atoms with van der Waals surface area (Å²) >= 11 is 1.64. The van der Waals surface area contributed by atoms with Gasteiger partial charge in [-0.15, -0.1) is 11.3 Å². The normalized spacial score (nSPS) is 10.0. The molecule has 2 N–H and O–H groups in total. The lowest BCUT2D eigenvalue weighted by Gasteiger charge is -2.04. The molecule has 1 aromatic carbocycles. The highest BCUT2D eigenvalue weighted by Gasteiger charge is 2.01. The van der Waals surface area contributed by atoms with Gasteiger partial charge in [0.05, 0.1) is 19.8 Å². The van der Waals surface area contributed by atoms with Gasteiger partial charge in [-0.1, -0.05) is 17.9 Å². The van der Waals surface area contributed by atoms with Crippen LogP contribution >= 0.6 is 11.3 Å². The molecule has 19 heavy (non-hydrogen) atoms. The summed E-state index contributed by atoms with van der Waals surface area (Å²) in [7, 11) is 0. The van der Waals surface area contributed by atoms with Crippen molar-refractivity contribution in [2.75, 3.05) is 6.54 Å². The van der Waals surface area contributed by atoms with E-state index in [9.17, 15) is 4.39 Å². The van der Waals surface area contributed by atoms with Gasteiger partial charge >= 0.3 is 0 Å². The smallest absolute Gasteiger partial charge is 0.124 e. The van der Waals surface area contributed by atoms with Crippen LogP contribution in [0.1, 0.15) is 16.0 Å². The number of nitrogens with two attached hydrogens (primary N) is 1. The van der Waals surface area contributed by atoms with E-state index in [0.29, 0.717) is 18.8 Å². The highest BCUT2D eigenvalue weighted by atomic mass is 32.1. The predicted octanol–water partition coefficient (Wildman–Crippen LogP) is 2.91. The first-order chi connectivity index (χ1) is 9.28. The highest BCUT2D eigenvalue weighted by Crippen LogP contribution is 2.13. The first-order valence-corrected chi connectivity index (χ1v) is 6.74. The van der Waals surface area contributed by atoms with Gasteiger partial charge in [0.15, 0.2) is 0 Å². The van der Waals surface area contributed by atoms with Crippen LogP contribution in [-0.2, 0) is 18.0 Å². The number of hydrogen-bond acceptors (Lipinski definition) is 3. The van der Waals surface area contributed by atoms with Gasteiger partial charge in [-0.25, -0.2) is 4.39 Å². The van der Waals surface area contributed by atoms with Crippen molar-refractivity contribution in [2.45, 2.75) is 13.2 Å². The van der Waals surface area contributed by atoms with Crippen LogP contribution in [0.25, 0.3) is 0 Å². The fraction of sp³-hybridized carbons (Fsp3) is 0.200. The van der Waals surface area contributed by atoms with E-state index < -0.39 is 0 Å². The molecular weight excluding hydrogens is 261 g/mol. The second kappa shape index (κ2) is 7.05. The first-order valence-electron chi connectivity index (χ1n) is 5.86. The zero-order chi connectivity index (χ0) is 13.5. The van der Waals surface area contributed by atoms with Gasteiger partial charge in [0, 0.05) is 10.4 Å². The van der Waals surface area contributed by atoms with Crippen LogP contribution in [0.5, 0.6) is 0 Å². The Labute approximate surface area is 116 Å². The van der Waals surface area contributed by atoms with E-state index in [1.807, 2.05) is 23.6 Å². The Kier molecular flexibility index (Phi) is 5.10. The predicted molar refractivity (Wildman–Crippen MR) is 75.1 cm³/mol. The number of benzene rings is 1. The third-order valence-corrected chi connectivity index (χ3v) is 3.24. The molecule has 0 fully saturated rings. The van der Waals surface area contributed by atoms with Gasteiger partial charge in [0.25, 0.3) is 0 Å². The summed E-state index contributed by atoms with van der Waals surface area (Å²) in [6.45, 7) is 1.17. The zero-order valence-corrected chi connectivity index (χ0v) is 11.2. The van der Waals surface area contributed by atoms with Gasteiger partial charge in [-0.2, -0.15) is 0 Å². The maximum atomic E-state index is 13.4. The van der Waals surface area contributed by atoms with Crippen LogP contribution in [0.15, 0.2) is 35.7 Å². The van der Waals surface area contributed by atoms with Crippen LogP contribution in [0.3, 0.4) is 0 Å². The molecule has 1 heterocycles. The summed E-state index contributed by atoms with van der Waals surface area (Å²) in [4.78, 5) is 1.15. The van der Waals surface area contributed by atoms with Crippen LogP contribution in [0, 0.1) is 17.7 Å². The molecule has 2 aromatic rings.